The van der Waals surface area contributed by atoms with E-state index in [0.29, 0.717) is 29.5 Å². The Bertz CT molecular complexity index is 839. The third-order valence-corrected chi connectivity index (χ3v) is 5.02. The van der Waals surface area contributed by atoms with E-state index in [1.54, 1.807) is 12.3 Å². The number of methoxy groups -OCH3 is 1. The van der Waals surface area contributed by atoms with Crippen LogP contribution < -0.4 is 25.8 Å². The zero-order valence-corrected chi connectivity index (χ0v) is 17.7. The highest BCUT2D eigenvalue weighted by atomic mass is 19.3. The average molecular weight is 424 g/mol. The van der Waals surface area contributed by atoms with Gasteiger partial charge in [0.05, 0.1) is 12.2 Å². The van der Waals surface area contributed by atoms with Crippen LogP contribution in [0.3, 0.4) is 0 Å². The van der Waals surface area contributed by atoms with Crippen LogP contribution in [0.1, 0.15) is 30.1 Å². The number of nitrogens with zero attached hydrogens (tertiary/aromatic N) is 1. The Balaban J connectivity index is 2.46. The van der Waals surface area contributed by atoms with Crippen molar-refractivity contribution in [2.75, 3.05) is 39.9 Å². The molecular formula is C22H31F2N3O3. The maximum Gasteiger partial charge on any atom is 0.387 e. The Morgan fingerprint density at radius 2 is 2.10 bits per heavy atom. The lowest BCUT2D eigenvalue weighted by Crippen LogP contribution is -2.37. The molecule has 0 atom stereocenters. The monoisotopic (exact) mass is 423 g/mol. The number of benzene rings is 1. The van der Waals surface area contributed by atoms with Gasteiger partial charge >= 0.3 is 6.61 Å². The molecule has 0 aromatic heterocycles. The van der Waals surface area contributed by atoms with Gasteiger partial charge in [-0.1, -0.05) is 19.2 Å². The Morgan fingerprint density at radius 1 is 1.40 bits per heavy atom. The van der Waals surface area contributed by atoms with Gasteiger partial charge in [0.25, 0.3) is 5.91 Å². The fourth-order valence-corrected chi connectivity index (χ4v) is 3.36. The van der Waals surface area contributed by atoms with Crippen LogP contribution in [0, 0.1) is 5.92 Å². The predicted molar refractivity (Wildman–Crippen MR) is 114 cm³/mol. The molecule has 1 heterocycles. The highest BCUT2D eigenvalue weighted by Gasteiger charge is 2.20. The van der Waals surface area contributed by atoms with Gasteiger partial charge in [0.15, 0.2) is 0 Å². The summed E-state index contributed by atoms with van der Waals surface area (Å²) in [5.41, 5.74) is 0.791. The van der Waals surface area contributed by atoms with Gasteiger partial charge in [-0.2, -0.15) is 8.78 Å². The third-order valence-electron chi connectivity index (χ3n) is 5.02. The summed E-state index contributed by atoms with van der Waals surface area (Å²) in [5, 5.41) is 6.79. The number of alkyl halides is 2. The van der Waals surface area contributed by atoms with Gasteiger partial charge in [0.1, 0.15) is 5.75 Å². The number of carbonyl (C=O) groups excluding carboxylic acids is 1. The fraction of sp³-hybridized carbons (Fsp3) is 0.500. The molecule has 2 rings (SSSR count). The number of piperidine rings is 1. The zero-order chi connectivity index (χ0) is 22.1. The van der Waals surface area contributed by atoms with E-state index in [4.69, 9.17) is 9.47 Å². The SMILES string of the molecule is C=C(C)N(/C=c1/c(OC(F)F)c(C(=O)NCCOC)ccc1=C)CC1CCNCC1. The van der Waals surface area contributed by atoms with Gasteiger partial charge in [0, 0.05) is 37.3 Å². The van der Waals surface area contributed by atoms with Gasteiger partial charge in [0.2, 0.25) is 0 Å². The molecule has 2 N–H and O–H groups in total. The molecule has 1 aromatic carbocycles. The number of allylic oxidation sites excluding steroid dienone is 1. The first-order valence-corrected chi connectivity index (χ1v) is 10.0. The summed E-state index contributed by atoms with van der Waals surface area (Å²) < 4.78 is 36.1. The molecule has 1 aliphatic heterocycles. The molecule has 0 bridgehead atoms. The number of nitrogens with one attached hydrogen (secondary N) is 2. The first kappa shape index (κ1) is 23.8. The standard InChI is InChI=1S/C22H31F2N3O3/c1-15(2)27(13-17-7-9-25-10-8-17)14-19-16(3)5-6-18(20(19)30-22(23)24)21(28)26-11-12-29-4/h5-6,14,17,22,25H,1,3,7-13H2,2,4H3,(H,26,28)/b19-14+. The second-order valence-corrected chi connectivity index (χ2v) is 7.35. The van der Waals surface area contributed by atoms with Crippen LogP contribution in [0.2, 0.25) is 0 Å². The summed E-state index contributed by atoms with van der Waals surface area (Å²) in [6, 6.07) is 3.06. The van der Waals surface area contributed by atoms with Crippen LogP contribution in [-0.4, -0.2) is 57.3 Å². The van der Waals surface area contributed by atoms with E-state index in [0.717, 1.165) is 31.6 Å². The van der Waals surface area contributed by atoms with Crippen molar-refractivity contribution in [2.45, 2.75) is 26.4 Å². The van der Waals surface area contributed by atoms with Crippen molar-refractivity contribution in [1.29, 1.82) is 0 Å². The quantitative estimate of drug-likeness (QED) is 0.561. The maximum atomic E-state index is 13.2. The molecule has 1 aliphatic rings. The predicted octanol–water partition coefficient (Wildman–Crippen LogP) is 1.65. The van der Waals surface area contributed by atoms with Crippen molar-refractivity contribution in [3.05, 3.63) is 40.4 Å². The van der Waals surface area contributed by atoms with Crippen LogP contribution in [0.15, 0.2) is 24.4 Å². The van der Waals surface area contributed by atoms with Crippen molar-refractivity contribution in [3.63, 3.8) is 0 Å². The van der Waals surface area contributed by atoms with E-state index in [1.165, 1.54) is 13.2 Å². The number of halogens is 2. The summed E-state index contributed by atoms with van der Waals surface area (Å²) in [4.78, 5) is 14.5. The van der Waals surface area contributed by atoms with Crippen molar-refractivity contribution < 1.29 is 23.0 Å². The molecule has 1 amide bonds. The summed E-state index contributed by atoms with van der Waals surface area (Å²) in [5.74, 6) is -0.256. The molecular weight excluding hydrogens is 392 g/mol. The Morgan fingerprint density at radius 3 is 2.70 bits per heavy atom. The molecule has 0 radical (unpaired) electrons. The molecule has 0 unspecified atom stereocenters. The number of hydrogen-bond acceptors (Lipinski definition) is 5. The van der Waals surface area contributed by atoms with E-state index in [9.17, 15) is 13.6 Å². The molecule has 166 valence electrons. The summed E-state index contributed by atoms with van der Waals surface area (Å²) in [7, 11) is 1.51. The molecule has 0 saturated carbocycles. The average Bonchev–Trinajstić information content (AvgIpc) is 2.70. The van der Waals surface area contributed by atoms with Crippen LogP contribution in [-0.2, 0) is 4.74 Å². The number of rotatable bonds is 10. The second kappa shape index (κ2) is 11.7. The smallest absolute Gasteiger partial charge is 0.387 e. The fourth-order valence-electron chi connectivity index (χ4n) is 3.36. The number of amides is 1. The minimum atomic E-state index is -3.08. The normalized spacial score (nSPS) is 15.3. The molecule has 1 saturated heterocycles. The third kappa shape index (κ3) is 6.81. The molecule has 0 spiro atoms. The van der Waals surface area contributed by atoms with Crippen molar-refractivity contribution in [1.82, 2.24) is 15.5 Å². The van der Waals surface area contributed by atoms with Crippen LogP contribution in [0.25, 0.3) is 12.8 Å². The summed E-state index contributed by atoms with van der Waals surface area (Å²) in [6.07, 6.45) is 3.75. The highest BCUT2D eigenvalue weighted by molar-refractivity contribution is 5.97. The van der Waals surface area contributed by atoms with Gasteiger partial charge < -0.3 is 25.0 Å². The number of hydrogen-bond donors (Lipinski definition) is 2. The lowest BCUT2D eigenvalue weighted by Gasteiger charge is -2.29. The maximum absolute atomic E-state index is 13.2. The lowest BCUT2D eigenvalue weighted by molar-refractivity contribution is -0.0509. The lowest BCUT2D eigenvalue weighted by atomic mass is 9.97. The van der Waals surface area contributed by atoms with Gasteiger partial charge in [-0.3, -0.25) is 4.79 Å². The van der Waals surface area contributed by atoms with Crippen LogP contribution >= 0.6 is 0 Å². The molecule has 1 aromatic rings. The largest absolute Gasteiger partial charge is 0.433 e. The Hall–Kier alpha value is -2.45. The minimum Gasteiger partial charge on any atom is -0.433 e. The van der Waals surface area contributed by atoms with E-state index >= 15 is 0 Å². The van der Waals surface area contributed by atoms with Crippen LogP contribution in [0.5, 0.6) is 5.75 Å². The summed E-state index contributed by atoms with van der Waals surface area (Å²) in [6.45, 7) is 9.92. The van der Waals surface area contributed by atoms with Gasteiger partial charge in [-0.05, 0) is 50.1 Å². The second-order valence-electron chi connectivity index (χ2n) is 7.35. The van der Waals surface area contributed by atoms with Crippen molar-refractivity contribution >= 4 is 18.7 Å². The molecule has 8 heteroatoms. The van der Waals surface area contributed by atoms with E-state index < -0.39 is 12.5 Å². The Kier molecular flexibility index (Phi) is 9.26. The molecule has 1 fully saturated rings. The molecule has 30 heavy (non-hydrogen) atoms. The molecule has 6 nitrogen and oxygen atoms in total. The van der Waals surface area contributed by atoms with E-state index in [-0.39, 0.29) is 17.9 Å². The number of carbonyl (C=O) groups is 1. The summed E-state index contributed by atoms with van der Waals surface area (Å²) >= 11 is 0. The van der Waals surface area contributed by atoms with E-state index in [2.05, 4.69) is 23.8 Å². The van der Waals surface area contributed by atoms with Crippen LogP contribution in [0.4, 0.5) is 8.78 Å². The highest BCUT2D eigenvalue weighted by Crippen LogP contribution is 2.18. The first-order chi connectivity index (χ1) is 14.3. The van der Waals surface area contributed by atoms with E-state index in [1.807, 2.05) is 11.8 Å². The van der Waals surface area contributed by atoms with Gasteiger partial charge in [-0.15, -0.1) is 0 Å². The Labute approximate surface area is 176 Å². The van der Waals surface area contributed by atoms with Crippen molar-refractivity contribution in [3.8, 4) is 5.75 Å². The molecule has 0 aliphatic carbocycles. The topological polar surface area (TPSA) is 62.8 Å². The van der Waals surface area contributed by atoms with Gasteiger partial charge in [-0.25, -0.2) is 0 Å². The first-order valence-electron chi connectivity index (χ1n) is 10.0. The van der Waals surface area contributed by atoms with Crippen molar-refractivity contribution in [2.24, 2.45) is 5.92 Å². The zero-order valence-electron chi connectivity index (χ0n) is 17.7. The minimum absolute atomic E-state index is 0.0218. The number of ether oxygens (including phenoxy) is 2.